The van der Waals surface area contributed by atoms with Gasteiger partial charge in [0, 0.05) is 10.4 Å². The van der Waals surface area contributed by atoms with Crippen molar-refractivity contribution in [3.05, 3.63) is 51.0 Å². The predicted octanol–water partition coefficient (Wildman–Crippen LogP) is 4.56. The molecule has 1 unspecified atom stereocenters. The number of nitrogens with zero attached hydrogens (tertiary/aromatic N) is 1. The van der Waals surface area contributed by atoms with Gasteiger partial charge in [0.1, 0.15) is 11.6 Å². The summed E-state index contributed by atoms with van der Waals surface area (Å²) in [6.45, 7) is 3.74. The van der Waals surface area contributed by atoms with Crippen molar-refractivity contribution in [1.29, 1.82) is 0 Å². The summed E-state index contributed by atoms with van der Waals surface area (Å²) in [5.74, 6) is -1.11. The number of rotatable bonds is 3. The van der Waals surface area contributed by atoms with Crippen LogP contribution in [0.5, 0.6) is 0 Å². The monoisotopic (exact) mass is 287 g/mol. The maximum atomic E-state index is 13.5. The van der Waals surface area contributed by atoms with Crippen molar-refractivity contribution in [1.82, 2.24) is 4.98 Å². The van der Waals surface area contributed by atoms with Crippen LogP contribution in [0.3, 0.4) is 0 Å². The molecule has 0 N–H and O–H groups in total. The Morgan fingerprint density at radius 3 is 2.39 bits per heavy atom. The van der Waals surface area contributed by atoms with E-state index in [1.54, 1.807) is 0 Å². The molecule has 0 aliphatic carbocycles. The summed E-state index contributed by atoms with van der Waals surface area (Å²) in [7, 11) is 0. The maximum Gasteiger partial charge on any atom is 0.129 e. The van der Waals surface area contributed by atoms with E-state index < -0.39 is 17.0 Å². The zero-order chi connectivity index (χ0) is 13.3. The lowest BCUT2D eigenvalue weighted by molar-refractivity contribution is 0.553. The molecule has 0 bridgehead atoms. The summed E-state index contributed by atoms with van der Waals surface area (Å²) < 4.78 is 27.0. The van der Waals surface area contributed by atoms with Crippen LogP contribution in [0.2, 0.25) is 0 Å². The highest BCUT2D eigenvalue weighted by molar-refractivity contribution is 7.12. The SMILES string of the molecule is Cc1nc(C)c(C(Cl)Cc2c(F)cccc2F)s1. The first-order valence-corrected chi connectivity index (χ1v) is 6.75. The van der Waals surface area contributed by atoms with Gasteiger partial charge in [-0.2, -0.15) is 0 Å². The van der Waals surface area contributed by atoms with Gasteiger partial charge in [0.15, 0.2) is 0 Å². The van der Waals surface area contributed by atoms with E-state index >= 15 is 0 Å². The molecule has 2 rings (SSSR count). The number of aromatic nitrogens is 1. The van der Waals surface area contributed by atoms with Crippen molar-refractivity contribution in [2.24, 2.45) is 0 Å². The number of hydrogen-bond donors (Lipinski definition) is 0. The van der Waals surface area contributed by atoms with Crippen molar-refractivity contribution in [3.63, 3.8) is 0 Å². The molecule has 2 aromatic rings. The Kier molecular flexibility index (Phi) is 3.97. The molecule has 0 aliphatic heterocycles. The Hall–Kier alpha value is -1.00. The molecule has 0 aliphatic rings. The molecular formula is C13H12ClF2NS. The summed E-state index contributed by atoms with van der Waals surface area (Å²) in [6.07, 6.45) is 0.128. The average molecular weight is 288 g/mol. The average Bonchev–Trinajstić information content (AvgIpc) is 2.63. The fourth-order valence-corrected chi connectivity index (χ4v) is 3.19. The second kappa shape index (κ2) is 5.33. The third kappa shape index (κ3) is 2.70. The third-order valence-corrected chi connectivity index (χ3v) is 4.36. The van der Waals surface area contributed by atoms with E-state index in [4.69, 9.17) is 11.6 Å². The number of hydrogen-bond acceptors (Lipinski definition) is 2. The quantitative estimate of drug-likeness (QED) is 0.754. The van der Waals surface area contributed by atoms with Gasteiger partial charge in [0.25, 0.3) is 0 Å². The molecule has 18 heavy (non-hydrogen) atoms. The molecular weight excluding hydrogens is 276 g/mol. The van der Waals surface area contributed by atoms with Crippen LogP contribution in [-0.4, -0.2) is 4.98 Å². The highest BCUT2D eigenvalue weighted by Gasteiger charge is 2.19. The van der Waals surface area contributed by atoms with E-state index in [1.807, 2.05) is 13.8 Å². The van der Waals surface area contributed by atoms with Crippen LogP contribution in [0.15, 0.2) is 18.2 Å². The van der Waals surface area contributed by atoms with Crippen LogP contribution in [0, 0.1) is 25.5 Å². The van der Waals surface area contributed by atoms with E-state index in [0.29, 0.717) is 0 Å². The van der Waals surface area contributed by atoms with Crippen LogP contribution < -0.4 is 0 Å². The van der Waals surface area contributed by atoms with Gasteiger partial charge in [-0.3, -0.25) is 0 Å². The fraction of sp³-hybridized carbons (Fsp3) is 0.308. The molecule has 1 atom stereocenters. The Balaban J connectivity index is 2.26. The molecule has 0 radical (unpaired) electrons. The first-order chi connectivity index (χ1) is 8.49. The second-order valence-corrected chi connectivity index (χ2v) is 5.82. The highest BCUT2D eigenvalue weighted by atomic mass is 35.5. The van der Waals surface area contributed by atoms with Crippen LogP contribution in [0.25, 0.3) is 0 Å². The maximum absolute atomic E-state index is 13.5. The smallest absolute Gasteiger partial charge is 0.129 e. The molecule has 5 heteroatoms. The Morgan fingerprint density at radius 2 is 1.89 bits per heavy atom. The largest absolute Gasteiger partial charge is 0.247 e. The van der Waals surface area contributed by atoms with E-state index in [9.17, 15) is 8.78 Å². The van der Waals surface area contributed by atoms with Crippen molar-refractivity contribution >= 4 is 22.9 Å². The molecule has 96 valence electrons. The lowest BCUT2D eigenvalue weighted by Crippen LogP contribution is -2.01. The van der Waals surface area contributed by atoms with E-state index in [1.165, 1.54) is 29.5 Å². The predicted molar refractivity (Wildman–Crippen MR) is 70.2 cm³/mol. The van der Waals surface area contributed by atoms with E-state index in [2.05, 4.69) is 4.98 Å². The number of alkyl halides is 1. The Bertz CT molecular complexity index is 548. The van der Waals surface area contributed by atoms with Crippen LogP contribution in [0.4, 0.5) is 8.78 Å². The van der Waals surface area contributed by atoms with Gasteiger partial charge in [0.05, 0.1) is 16.1 Å². The molecule has 0 saturated heterocycles. The zero-order valence-corrected chi connectivity index (χ0v) is 11.6. The van der Waals surface area contributed by atoms with Gasteiger partial charge < -0.3 is 0 Å². The topological polar surface area (TPSA) is 12.9 Å². The molecule has 1 aromatic heterocycles. The lowest BCUT2D eigenvalue weighted by Gasteiger charge is -2.10. The van der Waals surface area contributed by atoms with E-state index in [-0.39, 0.29) is 12.0 Å². The van der Waals surface area contributed by atoms with Gasteiger partial charge in [-0.25, -0.2) is 13.8 Å². The van der Waals surface area contributed by atoms with Crippen molar-refractivity contribution in [3.8, 4) is 0 Å². The zero-order valence-electron chi connectivity index (χ0n) is 10.0. The highest BCUT2D eigenvalue weighted by Crippen LogP contribution is 2.33. The van der Waals surface area contributed by atoms with Crippen molar-refractivity contribution in [2.75, 3.05) is 0 Å². The van der Waals surface area contributed by atoms with Gasteiger partial charge >= 0.3 is 0 Å². The standard InChI is InChI=1S/C13H12ClF2NS/c1-7-13(18-8(2)17-7)10(14)6-9-11(15)4-3-5-12(9)16/h3-5,10H,6H2,1-2H3. The number of benzene rings is 1. The Morgan fingerprint density at radius 1 is 1.28 bits per heavy atom. The van der Waals surface area contributed by atoms with Crippen LogP contribution in [0.1, 0.15) is 26.5 Å². The minimum atomic E-state index is -0.556. The summed E-state index contributed by atoms with van der Waals surface area (Å²) in [5.41, 5.74) is 0.859. The van der Waals surface area contributed by atoms with Crippen LogP contribution in [-0.2, 0) is 6.42 Å². The van der Waals surface area contributed by atoms with Crippen molar-refractivity contribution in [2.45, 2.75) is 25.6 Å². The van der Waals surface area contributed by atoms with Gasteiger partial charge in [-0.05, 0) is 32.4 Å². The first kappa shape index (κ1) is 13.4. The van der Waals surface area contributed by atoms with Gasteiger partial charge in [-0.1, -0.05) is 6.07 Å². The summed E-state index contributed by atoms with van der Waals surface area (Å²) in [6, 6.07) is 3.83. The normalized spacial score (nSPS) is 12.7. The molecule has 1 heterocycles. The summed E-state index contributed by atoms with van der Waals surface area (Å²) in [4.78, 5) is 5.14. The summed E-state index contributed by atoms with van der Waals surface area (Å²) in [5, 5.41) is 0.449. The first-order valence-electron chi connectivity index (χ1n) is 5.50. The second-order valence-electron chi connectivity index (χ2n) is 4.05. The molecule has 0 amide bonds. The number of thiazole rings is 1. The van der Waals surface area contributed by atoms with E-state index in [0.717, 1.165) is 15.6 Å². The van der Waals surface area contributed by atoms with Gasteiger partial charge in [-0.15, -0.1) is 22.9 Å². The third-order valence-electron chi connectivity index (χ3n) is 2.67. The molecule has 0 spiro atoms. The number of aryl methyl sites for hydroxylation is 2. The lowest BCUT2D eigenvalue weighted by atomic mass is 10.1. The minimum Gasteiger partial charge on any atom is -0.247 e. The molecule has 0 fully saturated rings. The van der Waals surface area contributed by atoms with Crippen LogP contribution >= 0.6 is 22.9 Å². The molecule has 1 nitrogen and oxygen atoms in total. The Labute approximate surface area is 113 Å². The molecule has 1 aromatic carbocycles. The fourth-order valence-electron chi connectivity index (χ4n) is 1.84. The number of halogens is 3. The summed E-state index contributed by atoms with van der Waals surface area (Å²) >= 11 is 7.71. The minimum absolute atomic E-state index is 0.0305. The van der Waals surface area contributed by atoms with Crippen molar-refractivity contribution < 1.29 is 8.78 Å². The van der Waals surface area contributed by atoms with Gasteiger partial charge in [0.2, 0.25) is 0 Å². The molecule has 0 saturated carbocycles.